The molecule has 0 fully saturated rings. The van der Waals surface area contributed by atoms with Crippen LogP contribution in [0, 0.1) is 4.77 Å². The van der Waals surface area contributed by atoms with E-state index in [0.29, 0.717) is 27.7 Å². The van der Waals surface area contributed by atoms with E-state index >= 15 is 0 Å². The van der Waals surface area contributed by atoms with Crippen molar-refractivity contribution in [2.24, 2.45) is 0 Å². The molecule has 1 heterocycles. The fourth-order valence-electron chi connectivity index (χ4n) is 3.26. The molecule has 0 spiro atoms. The molecule has 0 unspecified atom stereocenters. The second kappa shape index (κ2) is 9.80. The van der Waals surface area contributed by atoms with Crippen molar-refractivity contribution < 1.29 is 9.53 Å². The number of para-hydroxylation sites is 1. The average molecular weight is 465 g/mol. The Kier molecular flexibility index (Phi) is 6.68. The Balaban J connectivity index is 1.63. The molecule has 4 aromatic rings. The summed E-state index contributed by atoms with van der Waals surface area (Å²) in [6.45, 7) is 0.461. The summed E-state index contributed by atoms with van der Waals surface area (Å²) in [5, 5.41) is 8.60. The van der Waals surface area contributed by atoms with Gasteiger partial charge in [-0.25, -0.2) is 4.68 Å². The van der Waals surface area contributed by atoms with Crippen LogP contribution in [0.25, 0.3) is 5.69 Å². The van der Waals surface area contributed by atoms with Gasteiger partial charge in [-0.1, -0.05) is 29.8 Å². The van der Waals surface area contributed by atoms with Crippen LogP contribution in [-0.4, -0.2) is 27.2 Å². The Morgan fingerprint density at radius 3 is 2.38 bits per heavy atom. The third kappa shape index (κ3) is 4.90. The van der Waals surface area contributed by atoms with Crippen LogP contribution in [0.5, 0.6) is 5.75 Å². The van der Waals surface area contributed by atoms with E-state index < -0.39 is 0 Å². The maximum Gasteiger partial charge on any atom is 0.203 e. The molecule has 0 aliphatic rings. The van der Waals surface area contributed by atoms with Crippen molar-refractivity contribution in [3.05, 3.63) is 100 Å². The van der Waals surface area contributed by atoms with Gasteiger partial charge >= 0.3 is 0 Å². The zero-order valence-electron chi connectivity index (χ0n) is 17.4. The lowest BCUT2D eigenvalue weighted by molar-refractivity contribution is 0.0967. The van der Waals surface area contributed by atoms with Crippen LogP contribution >= 0.6 is 23.8 Å². The maximum atomic E-state index is 12.8. The number of aromatic nitrogens is 3. The number of nitrogens with one attached hydrogen (secondary N) is 1. The number of ether oxygens (including phenoxy) is 1. The van der Waals surface area contributed by atoms with E-state index in [-0.39, 0.29) is 12.3 Å². The number of methoxy groups -OCH3 is 1. The van der Waals surface area contributed by atoms with Crippen LogP contribution in [0.15, 0.2) is 78.9 Å². The van der Waals surface area contributed by atoms with Gasteiger partial charge in [0.1, 0.15) is 12.3 Å². The van der Waals surface area contributed by atoms with E-state index in [2.05, 4.69) is 10.4 Å². The fourth-order valence-corrected chi connectivity index (χ4v) is 3.70. The van der Waals surface area contributed by atoms with Gasteiger partial charge in [0.05, 0.1) is 13.7 Å². The highest BCUT2D eigenvalue weighted by molar-refractivity contribution is 7.71. The number of rotatable bonds is 8. The molecule has 1 aromatic heterocycles. The molecule has 162 valence electrons. The summed E-state index contributed by atoms with van der Waals surface area (Å²) in [6, 6.07) is 24.2. The van der Waals surface area contributed by atoms with Gasteiger partial charge in [-0.05, 0) is 72.9 Å². The van der Waals surface area contributed by atoms with Crippen molar-refractivity contribution in [2.45, 2.75) is 13.1 Å². The van der Waals surface area contributed by atoms with Gasteiger partial charge in [0.25, 0.3) is 0 Å². The van der Waals surface area contributed by atoms with Gasteiger partial charge < -0.3 is 10.1 Å². The third-order valence-electron chi connectivity index (χ3n) is 4.92. The average Bonchev–Trinajstić information content (AvgIpc) is 3.13. The Morgan fingerprint density at radius 2 is 1.72 bits per heavy atom. The van der Waals surface area contributed by atoms with Crippen LogP contribution in [0.4, 0.5) is 5.69 Å². The van der Waals surface area contributed by atoms with Gasteiger partial charge in [-0.3, -0.25) is 9.36 Å². The molecule has 0 aliphatic heterocycles. The predicted molar refractivity (Wildman–Crippen MR) is 128 cm³/mol. The van der Waals surface area contributed by atoms with Crippen LogP contribution in [-0.2, 0) is 13.1 Å². The maximum absolute atomic E-state index is 12.8. The largest absolute Gasteiger partial charge is 0.497 e. The van der Waals surface area contributed by atoms with Crippen molar-refractivity contribution in [1.82, 2.24) is 14.3 Å². The van der Waals surface area contributed by atoms with Gasteiger partial charge in [0.2, 0.25) is 4.77 Å². The van der Waals surface area contributed by atoms with Crippen molar-refractivity contribution in [1.29, 1.82) is 0 Å². The van der Waals surface area contributed by atoms with Crippen molar-refractivity contribution >= 4 is 35.3 Å². The van der Waals surface area contributed by atoms with Gasteiger partial charge in [0, 0.05) is 22.0 Å². The van der Waals surface area contributed by atoms with Crippen LogP contribution in [0.1, 0.15) is 16.2 Å². The summed E-state index contributed by atoms with van der Waals surface area (Å²) in [5.41, 5.74) is 2.36. The molecule has 0 radical (unpaired) electrons. The molecule has 1 N–H and O–H groups in total. The number of Topliss-reactive ketones (excluding diaryl/α,β-unsaturated/α-hetero) is 1. The Labute approximate surface area is 196 Å². The SMILES string of the molecule is COc1ccc(NCc2nn(CC(=O)c3ccc(Cl)cc3)c(=S)n2-c2ccccc2)cc1. The van der Waals surface area contributed by atoms with Crippen molar-refractivity contribution in [3.63, 3.8) is 0 Å². The summed E-state index contributed by atoms with van der Waals surface area (Å²) < 4.78 is 9.09. The normalized spacial score (nSPS) is 10.7. The molecule has 8 heteroatoms. The first kappa shape index (κ1) is 21.8. The molecular formula is C24H21ClN4O2S. The number of hydrogen-bond donors (Lipinski definition) is 1. The highest BCUT2D eigenvalue weighted by Crippen LogP contribution is 2.18. The number of ketones is 1. The molecular weight excluding hydrogens is 444 g/mol. The number of carbonyl (C=O) groups is 1. The van der Waals surface area contributed by atoms with E-state index in [1.807, 2.05) is 59.2 Å². The minimum absolute atomic E-state index is 0.0375. The highest BCUT2D eigenvalue weighted by Gasteiger charge is 2.15. The Morgan fingerprint density at radius 1 is 1.03 bits per heavy atom. The number of anilines is 1. The highest BCUT2D eigenvalue weighted by atomic mass is 35.5. The van der Waals surface area contributed by atoms with Crippen molar-refractivity contribution in [2.75, 3.05) is 12.4 Å². The molecule has 32 heavy (non-hydrogen) atoms. The van der Waals surface area contributed by atoms with Crippen molar-refractivity contribution in [3.8, 4) is 11.4 Å². The number of halogens is 1. The summed E-state index contributed by atoms with van der Waals surface area (Å²) in [4.78, 5) is 12.8. The second-order valence-electron chi connectivity index (χ2n) is 7.04. The van der Waals surface area contributed by atoms with E-state index in [1.54, 1.807) is 36.1 Å². The van der Waals surface area contributed by atoms with Crippen LogP contribution in [0.3, 0.4) is 0 Å². The summed E-state index contributed by atoms with van der Waals surface area (Å²) in [6.07, 6.45) is 0. The van der Waals surface area contributed by atoms with Gasteiger partial charge in [-0.2, -0.15) is 5.10 Å². The molecule has 0 aliphatic carbocycles. The molecule has 0 bridgehead atoms. The monoisotopic (exact) mass is 464 g/mol. The lowest BCUT2D eigenvalue weighted by Gasteiger charge is -2.09. The quantitative estimate of drug-likeness (QED) is 0.273. The number of nitrogens with zero attached hydrogens (tertiary/aromatic N) is 3. The molecule has 3 aromatic carbocycles. The molecule has 4 rings (SSSR count). The Hall–Kier alpha value is -3.42. The molecule has 0 atom stereocenters. The fraction of sp³-hybridized carbons (Fsp3) is 0.125. The first-order chi connectivity index (χ1) is 15.5. The summed E-state index contributed by atoms with van der Waals surface area (Å²) in [5.74, 6) is 1.39. The molecule has 6 nitrogen and oxygen atoms in total. The molecule has 0 saturated heterocycles. The topological polar surface area (TPSA) is 61.1 Å². The smallest absolute Gasteiger partial charge is 0.203 e. The summed E-state index contributed by atoms with van der Waals surface area (Å²) in [7, 11) is 1.63. The minimum atomic E-state index is -0.0925. The predicted octanol–water partition coefficient (Wildman–Crippen LogP) is 5.56. The summed E-state index contributed by atoms with van der Waals surface area (Å²) >= 11 is 11.6. The van der Waals surface area contributed by atoms with E-state index in [0.717, 1.165) is 17.1 Å². The number of carbonyl (C=O) groups excluding carboxylic acids is 1. The lowest BCUT2D eigenvalue weighted by Crippen LogP contribution is -2.12. The van der Waals surface area contributed by atoms with Gasteiger partial charge in [0.15, 0.2) is 11.6 Å². The first-order valence-electron chi connectivity index (χ1n) is 9.96. The molecule has 0 amide bonds. The second-order valence-corrected chi connectivity index (χ2v) is 7.84. The van der Waals surface area contributed by atoms with E-state index in [9.17, 15) is 4.79 Å². The number of hydrogen-bond acceptors (Lipinski definition) is 5. The van der Waals surface area contributed by atoms with E-state index in [1.165, 1.54) is 0 Å². The number of benzene rings is 3. The van der Waals surface area contributed by atoms with Crippen LogP contribution < -0.4 is 10.1 Å². The molecule has 0 saturated carbocycles. The van der Waals surface area contributed by atoms with E-state index in [4.69, 9.17) is 28.6 Å². The third-order valence-corrected chi connectivity index (χ3v) is 5.57. The first-order valence-corrected chi connectivity index (χ1v) is 10.7. The zero-order chi connectivity index (χ0) is 22.5. The van der Waals surface area contributed by atoms with Crippen LogP contribution in [0.2, 0.25) is 5.02 Å². The minimum Gasteiger partial charge on any atom is -0.497 e. The zero-order valence-corrected chi connectivity index (χ0v) is 18.9. The Bertz CT molecular complexity index is 1270. The standard InChI is InChI=1S/C24H21ClN4O2S/c1-31-21-13-11-19(12-14-21)26-15-23-27-28(16-22(30)17-7-9-18(25)10-8-17)24(32)29(23)20-5-3-2-4-6-20/h2-14,26H,15-16H2,1H3. The van der Waals surface area contributed by atoms with Gasteiger partial charge in [-0.15, -0.1) is 0 Å². The lowest BCUT2D eigenvalue weighted by atomic mass is 10.1.